The molecule has 1 amide bonds. The lowest BCUT2D eigenvalue weighted by atomic mass is 10.3. The molecule has 0 N–H and O–H groups in total. The third kappa shape index (κ3) is 3.51. The molecule has 0 spiro atoms. The highest BCUT2D eigenvalue weighted by Crippen LogP contribution is 2.15. The molecule has 0 bridgehead atoms. The zero-order valence-corrected chi connectivity index (χ0v) is 13.1. The topological polar surface area (TPSA) is 41.4 Å². The Morgan fingerprint density at radius 3 is 2.95 bits per heavy atom. The zero-order chi connectivity index (χ0) is 14.7. The van der Waals surface area contributed by atoms with Gasteiger partial charge in [0.15, 0.2) is 0 Å². The van der Waals surface area contributed by atoms with Crippen LogP contribution in [-0.4, -0.2) is 51.7 Å². The predicted molar refractivity (Wildman–Crippen MR) is 83.3 cm³/mol. The summed E-state index contributed by atoms with van der Waals surface area (Å²) in [4.78, 5) is 17.6. The molecule has 1 aliphatic heterocycles. The summed E-state index contributed by atoms with van der Waals surface area (Å²) in [5, 5.41) is 6.17. The Balaban J connectivity index is 1.58. The van der Waals surface area contributed by atoms with Gasteiger partial charge >= 0.3 is 0 Å². The molecule has 0 saturated carbocycles. The molecular weight excluding hydrogens is 284 g/mol. The molecule has 1 saturated heterocycles. The lowest BCUT2D eigenvalue weighted by Gasteiger charge is -2.21. The highest BCUT2D eigenvalue weighted by molar-refractivity contribution is 7.12. The summed E-state index contributed by atoms with van der Waals surface area (Å²) in [5.74, 6) is 0.174. The summed E-state index contributed by atoms with van der Waals surface area (Å²) in [7, 11) is 1.94. The van der Waals surface area contributed by atoms with Crippen LogP contribution in [0, 0.1) is 0 Å². The number of aryl methyl sites for hydroxylation is 1. The minimum Gasteiger partial charge on any atom is -0.337 e. The lowest BCUT2D eigenvalue weighted by molar-refractivity contribution is 0.0766. The van der Waals surface area contributed by atoms with Crippen LogP contribution < -0.4 is 0 Å². The Hall–Kier alpha value is -1.66. The Bertz CT molecular complexity index is 593. The summed E-state index contributed by atoms with van der Waals surface area (Å²) in [6.45, 7) is 4.52. The molecule has 2 aromatic rings. The molecule has 2 aromatic heterocycles. The van der Waals surface area contributed by atoms with Gasteiger partial charge in [0.1, 0.15) is 0 Å². The Labute approximate surface area is 128 Å². The third-order valence-corrected chi connectivity index (χ3v) is 4.63. The maximum Gasteiger partial charge on any atom is 0.263 e. The number of thiophene rings is 1. The van der Waals surface area contributed by atoms with E-state index in [1.54, 1.807) is 0 Å². The van der Waals surface area contributed by atoms with Crippen molar-refractivity contribution in [1.82, 2.24) is 19.6 Å². The van der Waals surface area contributed by atoms with Crippen molar-refractivity contribution in [2.45, 2.75) is 13.0 Å². The first-order valence-corrected chi connectivity index (χ1v) is 8.13. The van der Waals surface area contributed by atoms with Crippen LogP contribution >= 0.6 is 11.3 Å². The third-order valence-electron chi connectivity index (χ3n) is 3.77. The molecule has 0 atom stereocenters. The van der Waals surface area contributed by atoms with Gasteiger partial charge in [-0.3, -0.25) is 14.4 Å². The standard InChI is InChI=1S/C15H20N4OS/c1-17-11-13(10-16-17)12-18-5-3-6-19(8-7-18)15(20)14-4-2-9-21-14/h2,4,9-11H,3,5-8,12H2,1H3. The second kappa shape index (κ2) is 6.41. The summed E-state index contributed by atoms with van der Waals surface area (Å²) in [5.41, 5.74) is 1.23. The fourth-order valence-electron chi connectivity index (χ4n) is 2.70. The molecular formula is C15H20N4OS. The van der Waals surface area contributed by atoms with Gasteiger partial charge in [-0.15, -0.1) is 11.3 Å². The van der Waals surface area contributed by atoms with E-state index < -0.39 is 0 Å². The smallest absolute Gasteiger partial charge is 0.263 e. The van der Waals surface area contributed by atoms with Gasteiger partial charge in [-0.1, -0.05) is 6.07 Å². The largest absolute Gasteiger partial charge is 0.337 e. The van der Waals surface area contributed by atoms with Crippen molar-refractivity contribution < 1.29 is 4.79 Å². The first kappa shape index (κ1) is 14.3. The number of carbonyl (C=O) groups excluding carboxylic acids is 1. The highest BCUT2D eigenvalue weighted by atomic mass is 32.1. The summed E-state index contributed by atoms with van der Waals surface area (Å²) in [6, 6.07) is 3.84. The molecule has 0 aliphatic carbocycles. The highest BCUT2D eigenvalue weighted by Gasteiger charge is 2.21. The van der Waals surface area contributed by atoms with E-state index in [9.17, 15) is 4.79 Å². The molecule has 3 rings (SSSR count). The molecule has 3 heterocycles. The van der Waals surface area contributed by atoms with Crippen LogP contribution in [0.2, 0.25) is 0 Å². The Morgan fingerprint density at radius 2 is 2.24 bits per heavy atom. The van der Waals surface area contributed by atoms with E-state index in [-0.39, 0.29) is 5.91 Å². The van der Waals surface area contributed by atoms with Crippen LogP contribution in [0.25, 0.3) is 0 Å². The van der Waals surface area contributed by atoms with Gasteiger partial charge in [-0.25, -0.2) is 0 Å². The lowest BCUT2D eigenvalue weighted by Crippen LogP contribution is -2.34. The fraction of sp³-hybridized carbons (Fsp3) is 0.467. The van der Waals surface area contributed by atoms with Crippen molar-refractivity contribution in [3.05, 3.63) is 40.3 Å². The van der Waals surface area contributed by atoms with Gasteiger partial charge in [-0.05, 0) is 17.9 Å². The van der Waals surface area contributed by atoms with Crippen LogP contribution in [0.15, 0.2) is 29.9 Å². The average molecular weight is 304 g/mol. The van der Waals surface area contributed by atoms with Crippen LogP contribution in [0.3, 0.4) is 0 Å². The van der Waals surface area contributed by atoms with E-state index in [0.29, 0.717) is 0 Å². The molecule has 112 valence electrons. The van der Waals surface area contributed by atoms with Crippen molar-refractivity contribution in [3.8, 4) is 0 Å². The van der Waals surface area contributed by atoms with Gasteiger partial charge in [0.2, 0.25) is 0 Å². The fourth-order valence-corrected chi connectivity index (χ4v) is 3.39. The molecule has 0 unspecified atom stereocenters. The number of rotatable bonds is 3. The zero-order valence-electron chi connectivity index (χ0n) is 12.2. The van der Waals surface area contributed by atoms with Crippen molar-refractivity contribution in [3.63, 3.8) is 0 Å². The first-order chi connectivity index (χ1) is 10.2. The van der Waals surface area contributed by atoms with E-state index in [4.69, 9.17) is 0 Å². The molecule has 1 fully saturated rings. The number of hydrogen-bond acceptors (Lipinski definition) is 4. The summed E-state index contributed by atoms with van der Waals surface area (Å²) in [6.07, 6.45) is 5.00. The molecule has 6 heteroatoms. The van der Waals surface area contributed by atoms with Crippen LogP contribution in [0.4, 0.5) is 0 Å². The molecule has 0 radical (unpaired) electrons. The first-order valence-electron chi connectivity index (χ1n) is 7.25. The van der Waals surface area contributed by atoms with Crippen LogP contribution in [0.1, 0.15) is 21.7 Å². The minimum absolute atomic E-state index is 0.174. The van der Waals surface area contributed by atoms with Gasteiger partial charge in [0, 0.05) is 51.5 Å². The quantitative estimate of drug-likeness (QED) is 0.869. The number of carbonyl (C=O) groups is 1. The van der Waals surface area contributed by atoms with Gasteiger partial charge in [0.25, 0.3) is 5.91 Å². The number of amides is 1. The maximum absolute atomic E-state index is 12.4. The summed E-state index contributed by atoms with van der Waals surface area (Å²) < 4.78 is 1.83. The van der Waals surface area contributed by atoms with Crippen molar-refractivity contribution in [2.75, 3.05) is 26.2 Å². The van der Waals surface area contributed by atoms with Gasteiger partial charge < -0.3 is 4.90 Å². The van der Waals surface area contributed by atoms with E-state index in [2.05, 4.69) is 16.2 Å². The van der Waals surface area contributed by atoms with E-state index >= 15 is 0 Å². The molecule has 21 heavy (non-hydrogen) atoms. The normalized spacial score (nSPS) is 16.9. The van der Waals surface area contributed by atoms with Crippen molar-refractivity contribution in [2.24, 2.45) is 7.05 Å². The number of aromatic nitrogens is 2. The predicted octanol–water partition coefficient (Wildman–Crippen LogP) is 1.83. The average Bonchev–Trinajstić information content (AvgIpc) is 3.08. The van der Waals surface area contributed by atoms with Gasteiger partial charge in [0.05, 0.1) is 11.1 Å². The van der Waals surface area contributed by atoms with Crippen molar-refractivity contribution in [1.29, 1.82) is 0 Å². The molecule has 0 aromatic carbocycles. The molecule has 1 aliphatic rings. The van der Waals surface area contributed by atoms with Crippen LogP contribution in [-0.2, 0) is 13.6 Å². The SMILES string of the molecule is Cn1cc(CN2CCCN(C(=O)c3cccs3)CC2)cn1. The van der Waals surface area contributed by atoms with E-state index in [1.807, 2.05) is 40.3 Å². The van der Waals surface area contributed by atoms with Crippen molar-refractivity contribution >= 4 is 17.2 Å². The molecule has 5 nitrogen and oxygen atoms in total. The second-order valence-electron chi connectivity index (χ2n) is 5.42. The monoisotopic (exact) mass is 304 g/mol. The van der Waals surface area contributed by atoms with Crippen LogP contribution in [0.5, 0.6) is 0 Å². The maximum atomic E-state index is 12.4. The van der Waals surface area contributed by atoms with E-state index in [1.165, 1.54) is 16.9 Å². The Kier molecular flexibility index (Phi) is 4.36. The Morgan fingerprint density at radius 1 is 1.33 bits per heavy atom. The van der Waals surface area contributed by atoms with Gasteiger partial charge in [-0.2, -0.15) is 5.10 Å². The summed E-state index contributed by atoms with van der Waals surface area (Å²) >= 11 is 1.52. The number of hydrogen-bond donors (Lipinski definition) is 0. The number of nitrogens with zero attached hydrogens (tertiary/aromatic N) is 4. The van der Waals surface area contributed by atoms with E-state index in [0.717, 1.165) is 44.0 Å². The minimum atomic E-state index is 0.174. The second-order valence-corrected chi connectivity index (χ2v) is 6.37.